The van der Waals surface area contributed by atoms with Crippen LogP contribution in [0.4, 0.5) is 0 Å². The van der Waals surface area contributed by atoms with E-state index in [1.807, 2.05) is 0 Å². The van der Waals surface area contributed by atoms with E-state index >= 15 is 0 Å². The number of hydrogen-bond acceptors (Lipinski definition) is 4. The summed E-state index contributed by atoms with van der Waals surface area (Å²) in [6, 6.07) is 1.36. The third kappa shape index (κ3) is 4.14. The number of likely N-dealkylation sites (tertiary alicyclic amines) is 1. The molecule has 2 rings (SSSR count). The van der Waals surface area contributed by atoms with Gasteiger partial charge in [0.1, 0.15) is 0 Å². The van der Waals surface area contributed by atoms with E-state index in [4.69, 9.17) is 0 Å². The lowest BCUT2D eigenvalue weighted by Gasteiger charge is -2.33. The molecule has 0 aliphatic carbocycles. The molecule has 4 nitrogen and oxygen atoms in total. The maximum absolute atomic E-state index is 11.3. The third-order valence-corrected chi connectivity index (χ3v) is 5.26. The lowest BCUT2D eigenvalue weighted by Crippen LogP contribution is -2.48. The second kappa shape index (κ2) is 6.78. The number of carbonyl (C=O) groups excluding carboxylic acids is 1. The molecule has 0 saturated carbocycles. The summed E-state index contributed by atoms with van der Waals surface area (Å²) < 4.78 is 0. The van der Waals surface area contributed by atoms with E-state index in [0.29, 0.717) is 18.6 Å². The fraction of sp³-hybridized carbons (Fsp3) is 0.923. The quantitative estimate of drug-likeness (QED) is 0.789. The molecule has 2 aliphatic heterocycles. The van der Waals surface area contributed by atoms with Crippen LogP contribution in [0.2, 0.25) is 0 Å². The van der Waals surface area contributed by atoms with E-state index < -0.39 is 0 Å². The number of amides is 1. The van der Waals surface area contributed by atoms with Gasteiger partial charge in [0.15, 0.2) is 0 Å². The van der Waals surface area contributed by atoms with Gasteiger partial charge in [0.2, 0.25) is 5.91 Å². The number of nitrogens with zero attached hydrogens (tertiary/aromatic N) is 1. The predicted molar refractivity (Wildman–Crippen MR) is 77.0 cm³/mol. The smallest absolute Gasteiger partial charge is 0.233 e. The van der Waals surface area contributed by atoms with Gasteiger partial charge in [0, 0.05) is 43.2 Å². The van der Waals surface area contributed by atoms with Crippen LogP contribution in [0.5, 0.6) is 0 Å². The number of hydrogen-bond donors (Lipinski definition) is 2. The fourth-order valence-corrected chi connectivity index (χ4v) is 3.97. The second-order valence-electron chi connectivity index (χ2n) is 5.47. The molecule has 0 spiro atoms. The Morgan fingerprint density at radius 2 is 2.06 bits per heavy atom. The van der Waals surface area contributed by atoms with Gasteiger partial charge in [0.05, 0.1) is 6.54 Å². The monoisotopic (exact) mass is 271 g/mol. The average molecular weight is 271 g/mol. The summed E-state index contributed by atoms with van der Waals surface area (Å²) in [5.74, 6) is 1.39. The summed E-state index contributed by atoms with van der Waals surface area (Å²) in [6.07, 6.45) is 3.65. The molecule has 5 heteroatoms. The molecule has 2 N–H and O–H groups in total. The molecule has 104 valence electrons. The van der Waals surface area contributed by atoms with Crippen molar-refractivity contribution in [3.05, 3.63) is 0 Å². The largest absolute Gasteiger partial charge is 0.358 e. The van der Waals surface area contributed by atoms with Crippen molar-refractivity contribution in [3.63, 3.8) is 0 Å². The molecule has 0 aromatic rings. The van der Waals surface area contributed by atoms with Crippen molar-refractivity contribution in [1.29, 1.82) is 0 Å². The van der Waals surface area contributed by atoms with Crippen molar-refractivity contribution in [2.24, 2.45) is 0 Å². The van der Waals surface area contributed by atoms with Gasteiger partial charge in [-0.05, 0) is 19.3 Å². The van der Waals surface area contributed by atoms with E-state index in [1.165, 1.54) is 25.0 Å². The molecular formula is C13H25N3OS. The van der Waals surface area contributed by atoms with Crippen molar-refractivity contribution in [2.45, 2.75) is 43.5 Å². The van der Waals surface area contributed by atoms with Crippen molar-refractivity contribution >= 4 is 17.7 Å². The van der Waals surface area contributed by atoms with Crippen LogP contribution >= 0.6 is 11.8 Å². The number of likely N-dealkylation sites (N-methyl/N-ethyl adjacent to an activating group) is 1. The lowest BCUT2D eigenvalue weighted by molar-refractivity contribution is -0.122. The Balaban J connectivity index is 1.65. The van der Waals surface area contributed by atoms with E-state index in [2.05, 4.69) is 34.2 Å². The number of nitrogens with one attached hydrogen (secondary N) is 2. The average Bonchev–Trinajstić information content (AvgIpc) is 2.77. The summed E-state index contributed by atoms with van der Waals surface area (Å²) >= 11 is 2.08. The first kappa shape index (κ1) is 14.2. The van der Waals surface area contributed by atoms with Crippen LogP contribution in [0.25, 0.3) is 0 Å². The van der Waals surface area contributed by atoms with Crippen LogP contribution in [0, 0.1) is 0 Å². The summed E-state index contributed by atoms with van der Waals surface area (Å²) in [7, 11) is 1.70. The van der Waals surface area contributed by atoms with Crippen LogP contribution in [0.1, 0.15) is 26.2 Å². The number of rotatable bonds is 4. The number of carbonyl (C=O) groups is 1. The van der Waals surface area contributed by atoms with Crippen molar-refractivity contribution in [3.8, 4) is 0 Å². The van der Waals surface area contributed by atoms with Crippen LogP contribution in [-0.2, 0) is 4.79 Å². The standard InChI is InChI=1S/C13H25N3OS/c1-10-7-12(9-18-10)15-11-3-5-16(6-4-11)8-13(17)14-2/h10-12,15H,3-9H2,1-2H3,(H,14,17). The Morgan fingerprint density at radius 1 is 1.33 bits per heavy atom. The van der Waals surface area contributed by atoms with Gasteiger partial charge in [-0.25, -0.2) is 0 Å². The highest BCUT2D eigenvalue weighted by atomic mass is 32.2. The molecule has 2 saturated heterocycles. The molecule has 0 aromatic heterocycles. The third-order valence-electron chi connectivity index (χ3n) is 3.90. The van der Waals surface area contributed by atoms with Crippen molar-refractivity contribution in [2.75, 3.05) is 32.4 Å². The SMILES string of the molecule is CNC(=O)CN1CCC(NC2CSC(C)C2)CC1. The first-order valence-electron chi connectivity index (χ1n) is 6.98. The summed E-state index contributed by atoms with van der Waals surface area (Å²) in [6.45, 7) is 4.96. The number of piperidine rings is 1. The zero-order chi connectivity index (χ0) is 13.0. The summed E-state index contributed by atoms with van der Waals surface area (Å²) in [5, 5.41) is 7.29. The Kier molecular flexibility index (Phi) is 5.33. The molecule has 2 heterocycles. The molecule has 2 fully saturated rings. The molecule has 2 aliphatic rings. The Morgan fingerprint density at radius 3 is 2.61 bits per heavy atom. The van der Waals surface area contributed by atoms with Gasteiger partial charge in [-0.15, -0.1) is 0 Å². The van der Waals surface area contributed by atoms with Crippen LogP contribution in [-0.4, -0.2) is 60.6 Å². The van der Waals surface area contributed by atoms with Gasteiger partial charge in [0.25, 0.3) is 0 Å². The highest BCUT2D eigenvalue weighted by Crippen LogP contribution is 2.27. The minimum Gasteiger partial charge on any atom is -0.358 e. The fourth-order valence-electron chi connectivity index (χ4n) is 2.81. The van der Waals surface area contributed by atoms with Crippen LogP contribution < -0.4 is 10.6 Å². The lowest BCUT2D eigenvalue weighted by atomic mass is 10.0. The molecule has 0 radical (unpaired) electrons. The Labute approximate surface area is 114 Å². The zero-order valence-electron chi connectivity index (χ0n) is 11.4. The molecule has 18 heavy (non-hydrogen) atoms. The summed E-state index contributed by atoms with van der Waals surface area (Å²) in [4.78, 5) is 13.6. The molecule has 0 bridgehead atoms. The van der Waals surface area contributed by atoms with Gasteiger partial charge in [-0.3, -0.25) is 9.69 Å². The highest BCUT2D eigenvalue weighted by molar-refractivity contribution is 8.00. The van der Waals surface area contributed by atoms with Crippen molar-refractivity contribution in [1.82, 2.24) is 15.5 Å². The first-order chi connectivity index (χ1) is 8.67. The maximum Gasteiger partial charge on any atom is 0.233 e. The Hall–Kier alpha value is -0.260. The maximum atomic E-state index is 11.3. The Bertz CT molecular complexity index is 279. The normalized spacial score (nSPS) is 30.6. The molecule has 0 aromatic carbocycles. The first-order valence-corrected chi connectivity index (χ1v) is 8.03. The topological polar surface area (TPSA) is 44.4 Å². The van der Waals surface area contributed by atoms with Gasteiger partial charge >= 0.3 is 0 Å². The highest BCUT2D eigenvalue weighted by Gasteiger charge is 2.26. The molecule has 2 unspecified atom stereocenters. The minimum absolute atomic E-state index is 0.127. The van der Waals surface area contributed by atoms with E-state index in [9.17, 15) is 4.79 Å². The van der Waals surface area contributed by atoms with Gasteiger partial charge in [-0.1, -0.05) is 6.92 Å². The van der Waals surface area contributed by atoms with E-state index in [-0.39, 0.29) is 5.91 Å². The molecule has 1 amide bonds. The second-order valence-corrected chi connectivity index (χ2v) is 6.94. The van der Waals surface area contributed by atoms with Crippen LogP contribution in [0.15, 0.2) is 0 Å². The van der Waals surface area contributed by atoms with E-state index in [0.717, 1.165) is 18.3 Å². The van der Waals surface area contributed by atoms with Gasteiger partial charge in [-0.2, -0.15) is 11.8 Å². The minimum atomic E-state index is 0.127. The molecular weight excluding hydrogens is 246 g/mol. The predicted octanol–water partition coefficient (Wildman–Crippen LogP) is 0.680. The van der Waals surface area contributed by atoms with Crippen molar-refractivity contribution < 1.29 is 4.79 Å². The van der Waals surface area contributed by atoms with Gasteiger partial charge < -0.3 is 10.6 Å². The van der Waals surface area contributed by atoms with E-state index in [1.54, 1.807) is 7.05 Å². The van der Waals surface area contributed by atoms with Crippen LogP contribution in [0.3, 0.4) is 0 Å². The number of thioether (sulfide) groups is 1. The molecule has 2 atom stereocenters. The zero-order valence-corrected chi connectivity index (χ0v) is 12.3. The summed E-state index contributed by atoms with van der Waals surface area (Å²) in [5.41, 5.74) is 0.